The zero-order valence-corrected chi connectivity index (χ0v) is 13.2. The molecule has 1 aromatic rings. The van der Waals surface area contributed by atoms with E-state index < -0.39 is 9.84 Å². The summed E-state index contributed by atoms with van der Waals surface area (Å²) in [5, 5.41) is 3.21. The molecule has 6 nitrogen and oxygen atoms in total. The summed E-state index contributed by atoms with van der Waals surface area (Å²) in [6.45, 7) is 7.89. The van der Waals surface area contributed by atoms with E-state index in [-0.39, 0.29) is 23.0 Å². The van der Waals surface area contributed by atoms with Crippen LogP contribution in [0.3, 0.4) is 0 Å². The number of hydrogen-bond donors (Lipinski definition) is 2. The smallest absolute Gasteiger partial charge is 0.152 e. The Balaban J connectivity index is 2.30. The van der Waals surface area contributed by atoms with Crippen LogP contribution in [-0.2, 0) is 15.3 Å². The van der Waals surface area contributed by atoms with Crippen LogP contribution in [0.5, 0.6) is 0 Å². The molecule has 3 N–H and O–H groups in total. The monoisotopic (exact) mass is 298 g/mol. The maximum atomic E-state index is 11.5. The van der Waals surface area contributed by atoms with Crippen molar-refractivity contribution in [2.75, 3.05) is 22.6 Å². The second-order valence-electron chi connectivity index (χ2n) is 6.40. The molecule has 1 aliphatic heterocycles. The maximum absolute atomic E-state index is 11.5. The SMILES string of the molecule is Cc1c(N)nc(C(C)(C)C)nc1NC1CCS(=O)(=O)C1. The van der Waals surface area contributed by atoms with Gasteiger partial charge in [0.2, 0.25) is 0 Å². The van der Waals surface area contributed by atoms with Crippen LogP contribution in [0.15, 0.2) is 0 Å². The average molecular weight is 298 g/mol. The molecule has 1 saturated heterocycles. The number of nitrogens with zero attached hydrogens (tertiary/aromatic N) is 2. The minimum atomic E-state index is -2.91. The highest BCUT2D eigenvalue weighted by Crippen LogP contribution is 2.26. The van der Waals surface area contributed by atoms with E-state index in [2.05, 4.69) is 15.3 Å². The van der Waals surface area contributed by atoms with Crippen molar-refractivity contribution in [1.82, 2.24) is 9.97 Å². The van der Waals surface area contributed by atoms with Crippen LogP contribution in [0, 0.1) is 6.92 Å². The summed E-state index contributed by atoms with van der Waals surface area (Å²) in [4.78, 5) is 8.83. The van der Waals surface area contributed by atoms with E-state index >= 15 is 0 Å². The molecule has 7 heteroatoms. The number of sulfone groups is 1. The van der Waals surface area contributed by atoms with Gasteiger partial charge in [0.05, 0.1) is 11.5 Å². The van der Waals surface area contributed by atoms with Gasteiger partial charge in [-0.05, 0) is 13.3 Å². The maximum Gasteiger partial charge on any atom is 0.152 e. The van der Waals surface area contributed by atoms with Crippen molar-refractivity contribution < 1.29 is 8.42 Å². The van der Waals surface area contributed by atoms with Crippen LogP contribution in [0.2, 0.25) is 0 Å². The third-order valence-corrected chi connectivity index (χ3v) is 5.20. The number of aromatic nitrogens is 2. The first kappa shape index (κ1) is 15.0. The van der Waals surface area contributed by atoms with Gasteiger partial charge in [-0.2, -0.15) is 0 Å². The van der Waals surface area contributed by atoms with Gasteiger partial charge in [0.15, 0.2) is 9.84 Å². The average Bonchev–Trinajstić information content (AvgIpc) is 2.63. The highest BCUT2D eigenvalue weighted by molar-refractivity contribution is 7.91. The van der Waals surface area contributed by atoms with Gasteiger partial charge in [0, 0.05) is 17.0 Å². The van der Waals surface area contributed by atoms with E-state index in [9.17, 15) is 8.42 Å². The van der Waals surface area contributed by atoms with Crippen molar-refractivity contribution in [3.05, 3.63) is 11.4 Å². The molecule has 112 valence electrons. The molecule has 0 aliphatic carbocycles. The Morgan fingerprint density at radius 3 is 2.45 bits per heavy atom. The lowest BCUT2D eigenvalue weighted by Crippen LogP contribution is -2.25. The van der Waals surface area contributed by atoms with Crippen molar-refractivity contribution >= 4 is 21.5 Å². The van der Waals surface area contributed by atoms with Crippen LogP contribution >= 0.6 is 0 Å². The Kier molecular flexibility index (Phi) is 3.66. The number of nitrogens with two attached hydrogens (primary N) is 1. The minimum absolute atomic E-state index is 0.0965. The summed E-state index contributed by atoms with van der Waals surface area (Å²) in [5.41, 5.74) is 6.49. The fraction of sp³-hybridized carbons (Fsp3) is 0.692. The number of rotatable bonds is 2. The van der Waals surface area contributed by atoms with E-state index in [0.717, 1.165) is 5.56 Å². The Labute approximate surface area is 120 Å². The largest absolute Gasteiger partial charge is 0.383 e. The van der Waals surface area contributed by atoms with Gasteiger partial charge < -0.3 is 11.1 Å². The lowest BCUT2D eigenvalue weighted by molar-refractivity contribution is 0.546. The molecule has 1 atom stereocenters. The first-order chi connectivity index (χ1) is 9.08. The quantitative estimate of drug-likeness (QED) is 0.853. The molecule has 0 aromatic carbocycles. The third kappa shape index (κ3) is 3.20. The fourth-order valence-electron chi connectivity index (χ4n) is 2.11. The number of hydrogen-bond acceptors (Lipinski definition) is 6. The molecular weight excluding hydrogens is 276 g/mol. The standard InChI is InChI=1S/C13H22N4O2S/c1-8-10(14)16-12(13(2,3)4)17-11(8)15-9-5-6-20(18,19)7-9/h9H,5-7H2,1-4H3,(H3,14,15,16,17). The van der Waals surface area contributed by atoms with Crippen LogP contribution in [0.25, 0.3) is 0 Å². The second kappa shape index (κ2) is 4.87. The summed E-state index contributed by atoms with van der Waals surface area (Å²) in [7, 11) is -2.91. The molecule has 0 radical (unpaired) electrons. The predicted molar refractivity (Wildman–Crippen MR) is 80.6 cm³/mol. The van der Waals surface area contributed by atoms with E-state index in [1.165, 1.54) is 0 Å². The predicted octanol–water partition coefficient (Wildman–Crippen LogP) is 1.26. The Hall–Kier alpha value is -1.37. The molecule has 0 bridgehead atoms. The van der Waals surface area contributed by atoms with Gasteiger partial charge in [-0.3, -0.25) is 0 Å². The molecule has 0 amide bonds. The number of anilines is 2. The minimum Gasteiger partial charge on any atom is -0.383 e. The summed E-state index contributed by atoms with van der Waals surface area (Å²) in [5.74, 6) is 2.12. The van der Waals surface area contributed by atoms with Crippen molar-refractivity contribution in [3.8, 4) is 0 Å². The van der Waals surface area contributed by atoms with Gasteiger partial charge in [-0.1, -0.05) is 20.8 Å². The number of nitrogens with one attached hydrogen (secondary N) is 1. The Bertz CT molecular complexity index is 620. The number of nitrogen functional groups attached to an aromatic ring is 1. The zero-order chi connectivity index (χ0) is 15.1. The molecule has 1 fully saturated rings. The highest BCUT2D eigenvalue weighted by Gasteiger charge is 2.29. The Morgan fingerprint density at radius 2 is 1.95 bits per heavy atom. The second-order valence-corrected chi connectivity index (χ2v) is 8.63. The van der Waals surface area contributed by atoms with Gasteiger partial charge >= 0.3 is 0 Å². The molecule has 0 saturated carbocycles. The molecule has 20 heavy (non-hydrogen) atoms. The van der Waals surface area contributed by atoms with Crippen LogP contribution in [0.1, 0.15) is 38.6 Å². The van der Waals surface area contributed by atoms with Crippen molar-refractivity contribution in [3.63, 3.8) is 0 Å². The summed E-state index contributed by atoms with van der Waals surface area (Å²) >= 11 is 0. The molecule has 1 unspecified atom stereocenters. The van der Waals surface area contributed by atoms with Crippen LogP contribution in [-0.4, -0.2) is 35.9 Å². The van der Waals surface area contributed by atoms with Gasteiger partial charge in [0.1, 0.15) is 17.5 Å². The van der Waals surface area contributed by atoms with E-state index in [1.807, 2.05) is 27.7 Å². The van der Waals surface area contributed by atoms with E-state index in [0.29, 0.717) is 23.9 Å². The van der Waals surface area contributed by atoms with Crippen LogP contribution < -0.4 is 11.1 Å². The summed E-state index contributed by atoms with van der Waals surface area (Å²) in [6.07, 6.45) is 0.608. The molecular formula is C13H22N4O2S. The first-order valence-corrected chi connectivity index (χ1v) is 8.52. The summed E-state index contributed by atoms with van der Waals surface area (Å²) in [6, 6.07) is -0.0965. The molecule has 0 spiro atoms. The topological polar surface area (TPSA) is 98.0 Å². The van der Waals surface area contributed by atoms with Crippen LogP contribution in [0.4, 0.5) is 11.6 Å². The molecule has 1 aliphatic rings. The normalized spacial score (nSPS) is 21.9. The third-order valence-electron chi connectivity index (χ3n) is 3.43. The van der Waals surface area contributed by atoms with Crippen molar-refractivity contribution in [2.24, 2.45) is 0 Å². The zero-order valence-electron chi connectivity index (χ0n) is 12.4. The van der Waals surface area contributed by atoms with E-state index in [4.69, 9.17) is 5.73 Å². The van der Waals surface area contributed by atoms with E-state index in [1.54, 1.807) is 0 Å². The lowest BCUT2D eigenvalue weighted by atomic mass is 9.95. The summed E-state index contributed by atoms with van der Waals surface area (Å²) < 4.78 is 23.0. The first-order valence-electron chi connectivity index (χ1n) is 6.70. The van der Waals surface area contributed by atoms with Gasteiger partial charge in [-0.15, -0.1) is 0 Å². The molecule has 2 rings (SSSR count). The Morgan fingerprint density at radius 1 is 1.30 bits per heavy atom. The molecule has 2 heterocycles. The van der Waals surface area contributed by atoms with Gasteiger partial charge in [-0.25, -0.2) is 18.4 Å². The van der Waals surface area contributed by atoms with Crippen molar-refractivity contribution in [2.45, 2.75) is 45.6 Å². The molecule has 1 aromatic heterocycles. The van der Waals surface area contributed by atoms with Gasteiger partial charge in [0.25, 0.3) is 0 Å². The highest BCUT2D eigenvalue weighted by atomic mass is 32.2. The fourth-order valence-corrected chi connectivity index (χ4v) is 3.79. The van der Waals surface area contributed by atoms with Crippen molar-refractivity contribution in [1.29, 1.82) is 0 Å². The lowest BCUT2D eigenvalue weighted by Gasteiger charge is -2.21.